The van der Waals surface area contributed by atoms with Crippen LogP contribution in [0.3, 0.4) is 0 Å². The molecule has 0 radical (unpaired) electrons. The molecule has 0 aliphatic heterocycles. The molecule has 0 aromatic heterocycles. The maximum absolute atomic E-state index is 3.98. The molecule has 1 nitrogen and oxygen atoms in total. The summed E-state index contributed by atoms with van der Waals surface area (Å²) >= 11 is 3.98. The number of hydrogen-bond donors (Lipinski definition) is 0. The average molecular weight is 304 g/mol. The summed E-state index contributed by atoms with van der Waals surface area (Å²) in [7, 11) is 0. The Morgan fingerprint density at radius 1 is 1.00 bits per heavy atom. The minimum atomic E-state index is -1.99. The second kappa shape index (κ2) is 3.99. The van der Waals surface area contributed by atoms with Gasteiger partial charge in [-0.2, -0.15) is 0 Å². The molecule has 16 heavy (non-hydrogen) atoms. The topological polar surface area (TPSA) is 3.24 Å². The molecule has 0 spiro atoms. The third-order valence-corrected chi connectivity index (χ3v) is 5.45. The van der Waals surface area contributed by atoms with Crippen LogP contribution in [0.2, 0.25) is 0 Å². The van der Waals surface area contributed by atoms with Crippen LogP contribution in [-0.4, -0.2) is 25.5 Å². The van der Waals surface area contributed by atoms with Gasteiger partial charge in [0.1, 0.15) is 0 Å². The van der Waals surface area contributed by atoms with Crippen molar-refractivity contribution in [1.29, 1.82) is 0 Å². The molecule has 1 rings (SSSR count). The van der Waals surface area contributed by atoms with E-state index in [4.69, 9.17) is 0 Å². The average Bonchev–Trinajstić information content (AvgIpc) is 1.98. The molecule has 1 aromatic rings. The van der Waals surface area contributed by atoms with E-state index >= 15 is 0 Å². The number of benzene rings is 1. The quantitative estimate of drug-likeness (QED) is 0.698. The molecule has 1 aromatic carbocycles. The molecule has 0 unspecified atom stereocenters. The number of nitrogens with zero attached hydrogens (tertiary/aromatic N) is 1. The Kier molecular flexibility index (Phi) is 3.49. The van der Waals surface area contributed by atoms with Crippen molar-refractivity contribution >= 4 is 26.6 Å². The van der Waals surface area contributed by atoms with Crippen molar-refractivity contribution in [3.8, 4) is 0 Å². The van der Waals surface area contributed by atoms with Crippen molar-refractivity contribution in [2.75, 3.05) is 24.7 Å². The zero-order valence-electron chi connectivity index (χ0n) is 11.2. The molecule has 0 saturated heterocycles. The molecule has 0 aliphatic carbocycles. The predicted molar refractivity (Wildman–Crippen MR) is 82.3 cm³/mol. The minimum absolute atomic E-state index is 0.112. The molecule has 0 amide bonds. The van der Waals surface area contributed by atoms with E-state index in [0.29, 0.717) is 0 Å². The van der Waals surface area contributed by atoms with Crippen LogP contribution in [0.5, 0.6) is 0 Å². The fourth-order valence-corrected chi connectivity index (χ4v) is 7.28. The summed E-state index contributed by atoms with van der Waals surface area (Å²) < 4.78 is 2.53. The Morgan fingerprint density at radius 3 is 1.75 bits per heavy atom. The molecule has 92 valence electrons. The monoisotopic (exact) mass is 303 g/mol. The van der Waals surface area contributed by atoms with Crippen LogP contribution in [0.15, 0.2) is 30.3 Å². The van der Waals surface area contributed by atoms with E-state index in [9.17, 15) is 0 Å². The van der Waals surface area contributed by atoms with Gasteiger partial charge in [0.15, 0.2) is 0 Å². The number of rotatable bonds is 2. The zero-order valence-corrected chi connectivity index (χ0v) is 13.6. The summed E-state index contributed by atoms with van der Waals surface area (Å²) in [5.41, 5.74) is -0.587. The molecule has 3 heteroatoms. The van der Waals surface area contributed by atoms with Crippen LogP contribution < -0.4 is 4.67 Å². The molecule has 0 atom stereocenters. The van der Waals surface area contributed by atoms with Crippen molar-refractivity contribution in [1.82, 2.24) is 0 Å². The Morgan fingerprint density at radius 2 is 1.44 bits per heavy atom. The van der Waals surface area contributed by atoms with Crippen molar-refractivity contribution in [2.24, 2.45) is 0 Å². The normalized spacial score (nSPS) is 15.3. The van der Waals surface area contributed by atoms with Gasteiger partial charge >= 0.3 is 108 Å². The maximum atomic E-state index is 3.98. The third-order valence-electron chi connectivity index (χ3n) is 2.31. The van der Waals surface area contributed by atoms with Crippen molar-refractivity contribution in [2.45, 2.75) is 26.3 Å². The summed E-state index contributed by atoms with van der Waals surface area (Å²) in [4.78, 5) is 0. The zero-order chi connectivity index (χ0) is 12.6. The van der Waals surface area contributed by atoms with Crippen LogP contribution in [-0.2, 0) is 0 Å². The first-order valence-electron chi connectivity index (χ1n) is 5.57. The van der Waals surface area contributed by atoms with Gasteiger partial charge < -0.3 is 0 Å². The number of hydrogen-bond acceptors (Lipinski definition) is 1. The fourth-order valence-electron chi connectivity index (χ4n) is 2.36. The van der Waals surface area contributed by atoms with Gasteiger partial charge in [-0.05, 0) is 0 Å². The second-order valence-corrected chi connectivity index (χ2v) is 19.1. The van der Waals surface area contributed by atoms with Crippen LogP contribution in [0, 0.1) is 0 Å². The first-order valence-corrected chi connectivity index (χ1v) is 11.1. The first kappa shape index (κ1) is 14.0. The van der Waals surface area contributed by atoms with E-state index < -0.39 is 5.46 Å². The molecular weight excluding hydrogens is 281 g/mol. The van der Waals surface area contributed by atoms with Crippen molar-refractivity contribution in [3.05, 3.63) is 30.3 Å². The second-order valence-electron chi connectivity index (χ2n) is 6.34. The fraction of sp³-hybridized carbons (Fsp3) is 0.538. The van der Waals surface area contributed by atoms with Crippen molar-refractivity contribution < 1.29 is 0 Å². The molecule has 0 saturated carbocycles. The Hall–Kier alpha value is -0.0700. The Labute approximate surface area is 108 Å². The predicted octanol–water partition coefficient (Wildman–Crippen LogP) is 4.96. The summed E-state index contributed by atoms with van der Waals surface area (Å²) in [6.07, 6.45) is 0. The van der Waals surface area contributed by atoms with Gasteiger partial charge in [0, 0.05) is 0 Å². The van der Waals surface area contributed by atoms with Crippen LogP contribution in [0.25, 0.3) is 0 Å². The van der Waals surface area contributed by atoms with Crippen LogP contribution in [0.1, 0.15) is 20.8 Å². The van der Waals surface area contributed by atoms with Gasteiger partial charge in [0.25, 0.3) is 0 Å². The number of halogens is 1. The molecule has 0 bridgehead atoms. The molecule has 0 heterocycles. The molecular formula is C13H23BrNP. The first-order chi connectivity index (χ1) is 6.99. The number of anilines is 1. The number of para-hydroxylation sites is 1. The molecule has 0 N–H and O–H groups in total. The van der Waals surface area contributed by atoms with Gasteiger partial charge in [-0.1, -0.05) is 0 Å². The molecule has 0 aliphatic rings. The third kappa shape index (κ3) is 3.46. The van der Waals surface area contributed by atoms with Gasteiger partial charge in [-0.25, -0.2) is 0 Å². The van der Waals surface area contributed by atoms with E-state index in [1.807, 2.05) is 0 Å². The summed E-state index contributed by atoms with van der Waals surface area (Å²) in [5, 5.41) is 0. The van der Waals surface area contributed by atoms with Gasteiger partial charge in [0.05, 0.1) is 0 Å². The summed E-state index contributed by atoms with van der Waals surface area (Å²) in [6, 6.07) is 10.6. The van der Waals surface area contributed by atoms with E-state index in [1.165, 1.54) is 5.69 Å². The van der Waals surface area contributed by atoms with Gasteiger partial charge in [-0.15, -0.1) is 0 Å². The van der Waals surface area contributed by atoms with E-state index in [0.717, 1.165) is 0 Å². The van der Waals surface area contributed by atoms with Gasteiger partial charge in [0.2, 0.25) is 0 Å². The Bertz CT molecular complexity index is 350. The van der Waals surface area contributed by atoms with Gasteiger partial charge in [-0.3, -0.25) is 0 Å². The standard InChI is InChI=1S/C13H23BrNP/c1-13(2,3)15(16(4,5,6)14)12-10-8-7-9-11-12/h7-11H,1-6H3. The van der Waals surface area contributed by atoms with Crippen molar-refractivity contribution in [3.63, 3.8) is 0 Å². The van der Waals surface area contributed by atoms with Crippen LogP contribution in [0.4, 0.5) is 5.69 Å². The van der Waals surface area contributed by atoms with E-state index in [-0.39, 0.29) is 5.54 Å². The Balaban J connectivity index is 3.30. The van der Waals surface area contributed by atoms with E-state index in [1.54, 1.807) is 0 Å². The SMILES string of the molecule is CC(C)(C)N(c1ccccc1)P(C)(C)(C)Br. The molecule has 0 fully saturated rings. The summed E-state index contributed by atoms with van der Waals surface area (Å²) in [5.74, 6) is 0. The summed E-state index contributed by atoms with van der Waals surface area (Å²) in [6.45, 7) is 13.8. The van der Waals surface area contributed by atoms with Crippen LogP contribution >= 0.6 is 20.9 Å². The van der Waals surface area contributed by atoms with E-state index in [2.05, 4.69) is 91.3 Å².